The molecule has 8 nitrogen and oxygen atoms in total. The first kappa shape index (κ1) is 18.9. The fraction of sp³-hybridized carbons (Fsp3) is 0.375. The van der Waals surface area contributed by atoms with Gasteiger partial charge >= 0.3 is 0 Å². The number of sulfonamides is 1. The monoisotopic (exact) mass is 363 g/mol. The SMILES string of the molecule is Cc1nc(-c2ccncc2)ncc1[C@H](C)NC(=O)CCNS(C)(=O)=O. The summed E-state index contributed by atoms with van der Waals surface area (Å²) in [5.41, 5.74) is 2.44. The number of rotatable bonds is 7. The zero-order valence-electron chi connectivity index (χ0n) is 14.4. The molecule has 0 saturated carbocycles. The van der Waals surface area contributed by atoms with Crippen LogP contribution in [0.3, 0.4) is 0 Å². The molecule has 0 saturated heterocycles. The van der Waals surface area contributed by atoms with Crippen LogP contribution in [-0.2, 0) is 14.8 Å². The first-order chi connectivity index (χ1) is 11.8. The molecule has 2 rings (SSSR count). The maximum atomic E-state index is 11.9. The van der Waals surface area contributed by atoms with Crippen molar-refractivity contribution in [2.45, 2.75) is 26.3 Å². The van der Waals surface area contributed by atoms with Crippen molar-refractivity contribution in [3.05, 3.63) is 42.0 Å². The molecule has 1 amide bonds. The second-order valence-electron chi connectivity index (χ2n) is 5.68. The van der Waals surface area contributed by atoms with Crippen LogP contribution in [0.2, 0.25) is 0 Å². The van der Waals surface area contributed by atoms with E-state index in [1.807, 2.05) is 26.0 Å². The summed E-state index contributed by atoms with van der Waals surface area (Å²) in [4.78, 5) is 24.7. The standard InChI is InChI=1S/C16H21N5O3S/c1-11(20-15(22)6-9-19-25(3,23)24)14-10-18-16(21-12(14)2)13-4-7-17-8-5-13/h4-5,7-8,10-11,19H,6,9H2,1-3H3,(H,20,22)/t11-/m0/s1. The van der Waals surface area contributed by atoms with Crippen molar-refractivity contribution < 1.29 is 13.2 Å². The Bertz CT molecular complexity index is 840. The van der Waals surface area contributed by atoms with Crippen molar-refractivity contribution >= 4 is 15.9 Å². The van der Waals surface area contributed by atoms with E-state index in [1.165, 1.54) is 0 Å². The van der Waals surface area contributed by atoms with Crippen LogP contribution in [0.4, 0.5) is 0 Å². The van der Waals surface area contributed by atoms with Crippen LogP contribution in [0.5, 0.6) is 0 Å². The van der Waals surface area contributed by atoms with Crippen molar-refractivity contribution in [3.63, 3.8) is 0 Å². The Labute approximate surface area is 147 Å². The highest BCUT2D eigenvalue weighted by molar-refractivity contribution is 7.88. The Kier molecular flexibility index (Phi) is 6.16. The van der Waals surface area contributed by atoms with Gasteiger partial charge in [-0.25, -0.2) is 23.1 Å². The minimum absolute atomic E-state index is 0.0619. The minimum Gasteiger partial charge on any atom is -0.349 e. The van der Waals surface area contributed by atoms with Gasteiger partial charge in [0.05, 0.1) is 12.3 Å². The molecule has 2 aromatic rings. The summed E-state index contributed by atoms with van der Waals surface area (Å²) < 4.78 is 24.3. The topological polar surface area (TPSA) is 114 Å². The van der Waals surface area contributed by atoms with Gasteiger partial charge in [-0.05, 0) is 26.0 Å². The molecular formula is C16H21N5O3S. The van der Waals surface area contributed by atoms with Gasteiger partial charge in [-0.3, -0.25) is 9.78 Å². The summed E-state index contributed by atoms with van der Waals surface area (Å²) >= 11 is 0. The second kappa shape index (κ2) is 8.13. The molecule has 0 fully saturated rings. The van der Waals surface area contributed by atoms with Crippen LogP contribution in [0.15, 0.2) is 30.7 Å². The average molecular weight is 363 g/mol. The number of hydrogen-bond donors (Lipinski definition) is 2. The average Bonchev–Trinajstić information content (AvgIpc) is 2.54. The zero-order valence-corrected chi connectivity index (χ0v) is 15.2. The number of carbonyl (C=O) groups is 1. The highest BCUT2D eigenvalue weighted by Gasteiger charge is 2.14. The third-order valence-electron chi connectivity index (χ3n) is 3.52. The zero-order chi connectivity index (χ0) is 18.4. The highest BCUT2D eigenvalue weighted by Crippen LogP contribution is 2.19. The summed E-state index contributed by atoms with van der Waals surface area (Å²) in [5, 5.41) is 2.82. The van der Waals surface area contributed by atoms with Crippen LogP contribution in [0, 0.1) is 6.92 Å². The lowest BCUT2D eigenvalue weighted by Gasteiger charge is -2.16. The Morgan fingerprint density at radius 2 is 1.96 bits per heavy atom. The largest absolute Gasteiger partial charge is 0.349 e. The van der Waals surface area contributed by atoms with Crippen LogP contribution < -0.4 is 10.0 Å². The molecule has 0 radical (unpaired) electrons. The molecule has 0 aliphatic heterocycles. The molecule has 134 valence electrons. The smallest absolute Gasteiger partial charge is 0.221 e. The lowest BCUT2D eigenvalue weighted by Crippen LogP contribution is -2.32. The van der Waals surface area contributed by atoms with E-state index in [-0.39, 0.29) is 24.9 Å². The molecule has 9 heteroatoms. The molecule has 0 unspecified atom stereocenters. The lowest BCUT2D eigenvalue weighted by molar-refractivity contribution is -0.121. The number of carbonyl (C=O) groups excluding carboxylic acids is 1. The molecular weight excluding hydrogens is 342 g/mol. The quantitative estimate of drug-likeness (QED) is 0.757. The number of aryl methyl sites for hydroxylation is 1. The molecule has 25 heavy (non-hydrogen) atoms. The van der Waals surface area contributed by atoms with Gasteiger partial charge in [-0.15, -0.1) is 0 Å². The summed E-state index contributed by atoms with van der Waals surface area (Å²) in [6.07, 6.45) is 6.16. The Balaban J connectivity index is 2.00. The van der Waals surface area contributed by atoms with E-state index in [4.69, 9.17) is 0 Å². The van der Waals surface area contributed by atoms with Gasteiger partial charge < -0.3 is 5.32 Å². The van der Waals surface area contributed by atoms with E-state index in [1.54, 1.807) is 18.6 Å². The summed E-state index contributed by atoms with van der Waals surface area (Å²) in [6.45, 7) is 3.75. The van der Waals surface area contributed by atoms with Gasteiger partial charge in [0, 0.05) is 48.4 Å². The van der Waals surface area contributed by atoms with Gasteiger partial charge in [0.1, 0.15) is 0 Å². The molecule has 0 spiro atoms. The van der Waals surface area contributed by atoms with Crippen molar-refractivity contribution in [3.8, 4) is 11.4 Å². The fourth-order valence-corrected chi connectivity index (χ4v) is 2.76. The number of hydrogen-bond acceptors (Lipinski definition) is 6. The molecule has 1 atom stereocenters. The van der Waals surface area contributed by atoms with E-state index >= 15 is 0 Å². The predicted molar refractivity (Wildman–Crippen MR) is 94.0 cm³/mol. The van der Waals surface area contributed by atoms with Gasteiger partial charge in [-0.2, -0.15) is 0 Å². The van der Waals surface area contributed by atoms with E-state index in [0.29, 0.717) is 5.82 Å². The predicted octanol–water partition coefficient (Wildman–Crippen LogP) is 0.964. The first-order valence-corrected chi connectivity index (χ1v) is 9.63. The van der Waals surface area contributed by atoms with Crippen molar-refractivity contribution in [2.75, 3.05) is 12.8 Å². The number of nitrogens with zero attached hydrogens (tertiary/aromatic N) is 3. The Hall–Kier alpha value is -2.39. The molecule has 0 aliphatic rings. The van der Waals surface area contributed by atoms with Crippen LogP contribution in [-0.4, -0.2) is 42.1 Å². The third-order valence-corrected chi connectivity index (χ3v) is 4.24. The second-order valence-corrected chi connectivity index (χ2v) is 7.51. The molecule has 2 N–H and O–H groups in total. The van der Waals surface area contributed by atoms with Crippen LogP contribution >= 0.6 is 0 Å². The Morgan fingerprint density at radius 1 is 1.28 bits per heavy atom. The summed E-state index contributed by atoms with van der Waals surface area (Å²) in [7, 11) is -3.29. The van der Waals surface area contributed by atoms with Crippen LogP contribution in [0.1, 0.15) is 30.6 Å². The van der Waals surface area contributed by atoms with Gasteiger partial charge in [-0.1, -0.05) is 0 Å². The normalized spacial score (nSPS) is 12.6. The maximum Gasteiger partial charge on any atom is 0.221 e. The third kappa shape index (κ3) is 5.87. The van der Waals surface area contributed by atoms with E-state index in [2.05, 4.69) is 25.0 Å². The first-order valence-electron chi connectivity index (χ1n) is 7.74. The minimum atomic E-state index is -3.29. The lowest BCUT2D eigenvalue weighted by atomic mass is 10.1. The fourth-order valence-electron chi connectivity index (χ4n) is 2.28. The van der Waals surface area contributed by atoms with E-state index in [0.717, 1.165) is 23.1 Å². The number of amides is 1. The van der Waals surface area contributed by atoms with Crippen molar-refractivity contribution in [1.29, 1.82) is 0 Å². The number of nitrogens with one attached hydrogen (secondary N) is 2. The highest BCUT2D eigenvalue weighted by atomic mass is 32.2. The Morgan fingerprint density at radius 3 is 2.56 bits per heavy atom. The van der Waals surface area contributed by atoms with Gasteiger partial charge in [0.15, 0.2) is 5.82 Å². The number of aromatic nitrogens is 3. The van der Waals surface area contributed by atoms with E-state index < -0.39 is 10.0 Å². The summed E-state index contributed by atoms with van der Waals surface area (Å²) in [5.74, 6) is 0.348. The van der Waals surface area contributed by atoms with Gasteiger partial charge in [0.2, 0.25) is 15.9 Å². The van der Waals surface area contributed by atoms with Crippen molar-refractivity contribution in [2.24, 2.45) is 0 Å². The molecule has 0 bridgehead atoms. The molecule has 2 aromatic heterocycles. The van der Waals surface area contributed by atoms with E-state index in [9.17, 15) is 13.2 Å². The molecule has 0 aliphatic carbocycles. The van der Waals surface area contributed by atoms with Gasteiger partial charge in [0.25, 0.3) is 0 Å². The molecule has 0 aromatic carbocycles. The van der Waals surface area contributed by atoms with Crippen LogP contribution in [0.25, 0.3) is 11.4 Å². The van der Waals surface area contributed by atoms with Crippen molar-refractivity contribution in [1.82, 2.24) is 25.0 Å². The maximum absolute atomic E-state index is 11.9. The molecule has 2 heterocycles. The number of pyridine rings is 1. The summed E-state index contributed by atoms with van der Waals surface area (Å²) in [6, 6.07) is 3.38.